The van der Waals surface area contributed by atoms with Gasteiger partial charge in [0, 0.05) is 17.8 Å². The first-order valence-corrected chi connectivity index (χ1v) is 10.8. The summed E-state index contributed by atoms with van der Waals surface area (Å²) in [4.78, 5) is 0. The van der Waals surface area contributed by atoms with Crippen molar-refractivity contribution in [2.75, 3.05) is 13.2 Å². The second-order valence-electron chi connectivity index (χ2n) is 6.57. The van der Waals surface area contributed by atoms with Gasteiger partial charge in [-0.3, -0.25) is 4.21 Å². The highest BCUT2D eigenvalue weighted by atomic mass is 32.2. The van der Waals surface area contributed by atoms with Gasteiger partial charge < -0.3 is 9.29 Å². The molecule has 1 aliphatic rings. The Morgan fingerprint density at radius 2 is 1.88 bits per heavy atom. The summed E-state index contributed by atoms with van der Waals surface area (Å²) in [5.74, 6) is 1.95. The fourth-order valence-corrected chi connectivity index (χ4v) is 4.54. The SMILES string of the molecule is O=S([O-])NCCC1CCCCC1COc1ccc(-c2ccsc2)cc1. The van der Waals surface area contributed by atoms with Gasteiger partial charge >= 0.3 is 0 Å². The van der Waals surface area contributed by atoms with E-state index in [1.54, 1.807) is 11.3 Å². The molecular formula is C19H24NO3S2-. The first-order chi connectivity index (χ1) is 12.2. The van der Waals surface area contributed by atoms with Crippen LogP contribution >= 0.6 is 11.3 Å². The van der Waals surface area contributed by atoms with Gasteiger partial charge in [0.1, 0.15) is 5.75 Å². The van der Waals surface area contributed by atoms with Gasteiger partial charge in [-0.2, -0.15) is 11.3 Å². The molecule has 1 heterocycles. The van der Waals surface area contributed by atoms with Crippen molar-refractivity contribution in [1.82, 2.24) is 4.72 Å². The van der Waals surface area contributed by atoms with E-state index in [1.165, 1.54) is 24.0 Å². The molecule has 1 saturated carbocycles. The number of thiophene rings is 1. The van der Waals surface area contributed by atoms with E-state index in [-0.39, 0.29) is 0 Å². The van der Waals surface area contributed by atoms with E-state index >= 15 is 0 Å². The van der Waals surface area contributed by atoms with Crippen molar-refractivity contribution >= 4 is 22.6 Å². The van der Waals surface area contributed by atoms with E-state index in [0.29, 0.717) is 25.0 Å². The minimum absolute atomic E-state index is 0.507. The Morgan fingerprint density at radius 3 is 2.56 bits per heavy atom. The number of benzene rings is 1. The Morgan fingerprint density at radius 1 is 1.12 bits per heavy atom. The van der Waals surface area contributed by atoms with Crippen molar-refractivity contribution in [2.45, 2.75) is 32.1 Å². The number of nitrogens with one attached hydrogen (secondary N) is 1. The molecule has 0 saturated heterocycles. The molecule has 3 rings (SSSR count). The van der Waals surface area contributed by atoms with Crippen molar-refractivity contribution in [3.05, 3.63) is 41.1 Å². The van der Waals surface area contributed by atoms with Gasteiger partial charge in [0.25, 0.3) is 0 Å². The number of ether oxygens (including phenoxy) is 1. The maximum atomic E-state index is 10.6. The quantitative estimate of drug-likeness (QED) is 0.694. The average Bonchev–Trinajstić information content (AvgIpc) is 3.16. The Labute approximate surface area is 156 Å². The fourth-order valence-electron chi connectivity index (χ4n) is 3.59. The van der Waals surface area contributed by atoms with Crippen molar-refractivity contribution in [2.24, 2.45) is 11.8 Å². The molecule has 0 bridgehead atoms. The summed E-state index contributed by atoms with van der Waals surface area (Å²) in [6.45, 7) is 1.23. The van der Waals surface area contributed by atoms with Crippen LogP contribution in [0.4, 0.5) is 0 Å². The second kappa shape index (κ2) is 9.48. The third-order valence-electron chi connectivity index (χ3n) is 4.97. The van der Waals surface area contributed by atoms with Crippen molar-refractivity contribution in [3.63, 3.8) is 0 Å². The maximum Gasteiger partial charge on any atom is 0.119 e. The van der Waals surface area contributed by atoms with Crippen LogP contribution in [0.1, 0.15) is 32.1 Å². The van der Waals surface area contributed by atoms with Crippen LogP contribution in [0.15, 0.2) is 41.1 Å². The minimum Gasteiger partial charge on any atom is -0.760 e. The molecule has 1 aromatic carbocycles. The lowest BCUT2D eigenvalue weighted by Gasteiger charge is -2.31. The zero-order valence-corrected chi connectivity index (χ0v) is 15.8. The van der Waals surface area contributed by atoms with Crippen LogP contribution in [0, 0.1) is 11.8 Å². The number of hydrogen-bond acceptors (Lipinski definition) is 4. The van der Waals surface area contributed by atoms with Crippen LogP contribution in [0.2, 0.25) is 0 Å². The first-order valence-electron chi connectivity index (χ1n) is 8.80. The second-order valence-corrected chi connectivity index (χ2v) is 8.11. The van der Waals surface area contributed by atoms with Gasteiger partial charge in [-0.15, -0.1) is 0 Å². The zero-order chi connectivity index (χ0) is 17.5. The molecule has 2 aromatic rings. The van der Waals surface area contributed by atoms with Crippen LogP contribution in [0.25, 0.3) is 11.1 Å². The minimum atomic E-state index is -2.16. The van der Waals surface area contributed by atoms with Crippen LogP contribution in [0.3, 0.4) is 0 Å². The van der Waals surface area contributed by atoms with Crippen molar-refractivity contribution < 1.29 is 13.5 Å². The molecule has 0 spiro atoms. The fraction of sp³-hybridized carbons (Fsp3) is 0.474. The molecule has 1 aliphatic carbocycles. The van der Waals surface area contributed by atoms with E-state index in [9.17, 15) is 8.76 Å². The molecule has 1 aromatic heterocycles. The molecule has 0 aliphatic heterocycles. The van der Waals surface area contributed by atoms with Gasteiger partial charge in [0.2, 0.25) is 0 Å². The summed E-state index contributed by atoms with van der Waals surface area (Å²) >= 11 is -0.459. The van der Waals surface area contributed by atoms with Gasteiger partial charge in [-0.1, -0.05) is 31.4 Å². The van der Waals surface area contributed by atoms with Crippen molar-refractivity contribution in [3.8, 4) is 16.9 Å². The summed E-state index contributed by atoms with van der Waals surface area (Å²) in [5.41, 5.74) is 2.45. The largest absolute Gasteiger partial charge is 0.760 e. The van der Waals surface area contributed by atoms with Gasteiger partial charge in [0.15, 0.2) is 0 Å². The normalized spacial score (nSPS) is 21.8. The van der Waals surface area contributed by atoms with Crippen LogP contribution in [0.5, 0.6) is 5.75 Å². The predicted molar refractivity (Wildman–Crippen MR) is 102 cm³/mol. The lowest BCUT2D eigenvalue weighted by atomic mass is 9.78. The van der Waals surface area contributed by atoms with E-state index in [0.717, 1.165) is 25.0 Å². The van der Waals surface area contributed by atoms with E-state index in [2.05, 4.69) is 33.7 Å². The summed E-state index contributed by atoms with van der Waals surface area (Å²) < 4.78 is 29.7. The molecule has 3 unspecified atom stereocenters. The molecule has 1 N–H and O–H groups in total. The molecule has 25 heavy (non-hydrogen) atoms. The molecule has 6 heteroatoms. The van der Waals surface area contributed by atoms with Crippen LogP contribution in [-0.2, 0) is 11.3 Å². The predicted octanol–water partition coefficient (Wildman–Crippen LogP) is 4.37. The van der Waals surface area contributed by atoms with Crippen LogP contribution < -0.4 is 9.46 Å². The monoisotopic (exact) mass is 378 g/mol. The molecule has 136 valence electrons. The third kappa shape index (κ3) is 5.64. The lowest BCUT2D eigenvalue weighted by Crippen LogP contribution is -2.29. The highest BCUT2D eigenvalue weighted by Gasteiger charge is 2.25. The zero-order valence-electron chi connectivity index (χ0n) is 14.2. The topological polar surface area (TPSA) is 61.4 Å². The summed E-state index contributed by atoms with van der Waals surface area (Å²) in [6, 6.07) is 10.4. The standard InChI is InChI=1S/C19H25NO3S2/c21-25(22)20-11-9-15-3-1-2-4-17(15)13-23-19-7-5-16(6-8-19)18-10-12-24-14-18/h5-8,10,12,14-15,17,20H,1-4,9,11,13H2,(H,21,22)/p-1. The Hall–Kier alpha value is -1.21. The summed E-state index contributed by atoms with van der Waals surface area (Å²) in [7, 11) is 0. The van der Waals surface area contributed by atoms with Gasteiger partial charge in [-0.05, 0) is 64.8 Å². The Kier molecular flexibility index (Phi) is 7.04. The number of rotatable bonds is 8. The highest BCUT2D eigenvalue weighted by Crippen LogP contribution is 2.33. The summed E-state index contributed by atoms with van der Waals surface area (Å²) in [6.07, 6.45) is 5.69. The molecule has 3 atom stereocenters. The van der Waals surface area contributed by atoms with E-state index < -0.39 is 11.3 Å². The molecule has 4 nitrogen and oxygen atoms in total. The first kappa shape index (κ1) is 18.6. The highest BCUT2D eigenvalue weighted by molar-refractivity contribution is 7.77. The third-order valence-corrected chi connectivity index (χ3v) is 6.10. The lowest BCUT2D eigenvalue weighted by molar-refractivity contribution is 0.143. The van der Waals surface area contributed by atoms with Gasteiger partial charge in [0.05, 0.1) is 6.61 Å². The molecule has 1 fully saturated rings. The molecule has 0 radical (unpaired) electrons. The van der Waals surface area contributed by atoms with E-state index in [1.807, 2.05) is 12.1 Å². The van der Waals surface area contributed by atoms with Crippen molar-refractivity contribution in [1.29, 1.82) is 0 Å². The van der Waals surface area contributed by atoms with E-state index in [4.69, 9.17) is 4.74 Å². The Balaban J connectivity index is 1.51. The van der Waals surface area contributed by atoms with Gasteiger partial charge in [-0.25, -0.2) is 4.72 Å². The molecular weight excluding hydrogens is 354 g/mol. The smallest absolute Gasteiger partial charge is 0.119 e. The van der Waals surface area contributed by atoms with Crippen LogP contribution in [-0.4, -0.2) is 21.9 Å². The number of hydrogen-bond donors (Lipinski definition) is 1. The summed E-state index contributed by atoms with van der Waals surface area (Å²) in [5, 5.41) is 4.23. The maximum absolute atomic E-state index is 10.6. The Bertz CT molecular complexity index is 658. The average molecular weight is 379 g/mol. The molecule has 0 amide bonds.